The van der Waals surface area contributed by atoms with Crippen LogP contribution < -0.4 is 0 Å². The zero-order valence-corrected chi connectivity index (χ0v) is 9.14. The summed E-state index contributed by atoms with van der Waals surface area (Å²) in [6, 6.07) is 0. The maximum Gasteiger partial charge on any atom is 0 e. The van der Waals surface area contributed by atoms with Crippen molar-refractivity contribution < 1.29 is 80.0 Å². The van der Waals surface area contributed by atoms with Crippen LogP contribution >= 0.6 is 0 Å². The van der Waals surface area contributed by atoms with Crippen LogP contribution in [0.15, 0.2) is 0 Å². The Kier molecular flexibility index (Phi) is 136. The molecule has 0 rings (SSSR count). The van der Waals surface area contributed by atoms with Crippen molar-refractivity contribution in [1.29, 1.82) is 0 Å². The summed E-state index contributed by atoms with van der Waals surface area (Å²) in [5.74, 6) is 0. The van der Waals surface area contributed by atoms with Gasteiger partial charge in [0.25, 0.3) is 0 Å². The Morgan fingerprint density at radius 3 is 0.500 bits per heavy atom. The van der Waals surface area contributed by atoms with E-state index in [1.807, 2.05) is 0 Å². The Morgan fingerprint density at radius 2 is 0.500 bits per heavy atom. The van der Waals surface area contributed by atoms with Gasteiger partial charge < -0.3 is 0 Å². The van der Waals surface area contributed by atoms with E-state index in [4.69, 9.17) is 0 Å². The number of hydrogen-bond acceptors (Lipinski definition) is 0. The molecule has 39 valence electrons. The van der Waals surface area contributed by atoms with Crippen molar-refractivity contribution in [1.82, 2.24) is 0 Å². The van der Waals surface area contributed by atoms with Crippen molar-refractivity contribution in [2.75, 3.05) is 0 Å². The molecule has 0 heterocycles. The van der Waals surface area contributed by atoms with Gasteiger partial charge in [-0.2, -0.15) is 0 Å². The molecule has 0 aliphatic carbocycles. The molecule has 0 aliphatic rings. The first-order valence-corrected chi connectivity index (χ1v) is 0. The first-order valence-electron chi connectivity index (χ1n) is 0. The van der Waals surface area contributed by atoms with Crippen LogP contribution in [0.25, 0.3) is 0 Å². The van der Waals surface area contributed by atoms with Crippen molar-refractivity contribution >= 4 is 0 Å². The Balaban J connectivity index is 0. The molecule has 0 aromatic heterocycles. The van der Waals surface area contributed by atoms with Crippen LogP contribution in [0.4, 0.5) is 0 Å². The van der Waals surface area contributed by atoms with Crippen molar-refractivity contribution in [3.63, 3.8) is 0 Å². The van der Waals surface area contributed by atoms with Gasteiger partial charge in [0, 0.05) is 80.0 Å². The summed E-state index contributed by atoms with van der Waals surface area (Å²) in [5, 5.41) is 0. The van der Waals surface area contributed by atoms with Crippen LogP contribution in [-0.2, 0) is 80.0 Å². The van der Waals surface area contributed by atoms with Gasteiger partial charge in [0.2, 0.25) is 0 Å². The molecular weight excluding hydrogens is 644 g/mol. The van der Waals surface area contributed by atoms with Gasteiger partial charge in [-0.05, 0) is 0 Å². The first-order chi connectivity index (χ1) is 0. The zero-order valence-electron chi connectivity index (χ0n) is 1.28. The summed E-state index contributed by atoms with van der Waals surface area (Å²) >= 11 is 0. The molecule has 0 aromatic carbocycles. The van der Waals surface area contributed by atoms with E-state index >= 15 is 0 Å². The smallest absolute Gasteiger partial charge is 0 e. The molecule has 0 atom stereocenters. The van der Waals surface area contributed by atoms with Crippen LogP contribution in [0, 0.1) is 0 Å². The van der Waals surface area contributed by atoms with Gasteiger partial charge in [-0.1, -0.05) is 0 Å². The second kappa shape index (κ2) is 17.6. The van der Waals surface area contributed by atoms with Gasteiger partial charge >= 0.3 is 0 Å². The third kappa shape index (κ3) is 8.82. The van der Waals surface area contributed by atoms with Gasteiger partial charge in [0.05, 0.1) is 0 Å². The Bertz CT molecular complexity index is 3.25. The first kappa shape index (κ1) is 30.8. The number of rotatable bonds is 0. The molecule has 0 spiro atoms. The van der Waals surface area contributed by atoms with E-state index in [9.17, 15) is 0 Å². The molecule has 0 nitrogen and oxygen atoms in total. The standard InChI is InChI=1S/Co.3Pt. The maximum absolute atomic E-state index is 0. The summed E-state index contributed by atoms with van der Waals surface area (Å²) < 4.78 is 0. The number of hydrogen-bond donors (Lipinski definition) is 0. The van der Waals surface area contributed by atoms with E-state index in [1.165, 1.54) is 0 Å². The van der Waals surface area contributed by atoms with Gasteiger partial charge in [0.1, 0.15) is 0 Å². The van der Waals surface area contributed by atoms with Crippen LogP contribution in [0.1, 0.15) is 0 Å². The van der Waals surface area contributed by atoms with Gasteiger partial charge in [-0.25, -0.2) is 0 Å². The summed E-state index contributed by atoms with van der Waals surface area (Å²) in [4.78, 5) is 0. The van der Waals surface area contributed by atoms with Gasteiger partial charge in [0.15, 0.2) is 0 Å². The van der Waals surface area contributed by atoms with E-state index in [-0.39, 0.29) is 80.0 Å². The normalized spacial score (nSPS) is 0. The van der Waals surface area contributed by atoms with E-state index in [1.54, 1.807) is 0 Å². The van der Waals surface area contributed by atoms with E-state index in [0.29, 0.717) is 0 Å². The average Bonchev–Trinajstić information content (AvgIpc) is 0. The minimum Gasteiger partial charge on any atom is 0 e. The minimum atomic E-state index is 0. The van der Waals surface area contributed by atoms with Crippen LogP contribution in [-0.4, -0.2) is 0 Å². The monoisotopic (exact) mass is 644 g/mol. The predicted octanol–water partition coefficient (Wildman–Crippen LogP) is -0.0100. The molecule has 0 aromatic rings. The minimum absolute atomic E-state index is 0. The topological polar surface area (TPSA) is 0 Å². The summed E-state index contributed by atoms with van der Waals surface area (Å²) in [7, 11) is 0. The van der Waals surface area contributed by atoms with Crippen molar-refractivity contribution in [2.45, 2.75) is 0 Å². The molecule has 1 radical (unpaired) electrons. The summed E-state index contributed by atoms with van der Waals surface area (Å²) in [5.41, 5.74) is 0. The molecule has 4 heteroatoms. The van der Waals surface area contributed by atoms with Crippen molar-refractivity contribution in [3.05, 3.63) is 0 Å². The molecule has 0 amide bonds. The van der Waals surface area contributed by atoms with E-state index in [0.717, 1.165) is 0 Å². The van der Waals surface area contributed by atoms with Gasteiger partial charge in [-0.15, -0.1) is 0 Å². The predicted molar refractivity (Wildman–Crippen MR) is 0 cm³/mol. The fraction of sp³-hybridized carbons (Fsp3) is 0. The molecule has 0 saturated heterocycles. The van der Waals surface area contributed by atoms with Crippen LogP contribution in [0.5, 0.6) is 0 Å². The molecular formula is CoPt3. The van der Waals surface area contributed by atoms with Crippen LogP contribution in [0.3, 0.4) is 0 Å². The molecule has 0 unspecified atom stereocenters. The summed E-state index contributed by atoms with van der Waals surface area (Å²) in [6.45, 7) is 0. The quantitative estimate of drug-likeness (QED) is 0.349. The summed E-state index contributed by atoms with van der Waals surface area (Å²) in [6.07, 6.45) is 0. The third-order valence-corrected chi connectivity index (χ3v) is 0. The molecule has 0 N–H and O–H groups in total. The van der Waals surface area contributed by atoms with E-state index in [2.05, 4.69) is 0 Å². The Morgan fingerprint density at radius 1 is 0.500 bits per heavy atom. The Labute approximate surface area is 78.9 Å². The second-order valence-corrected chi connectivity index (χ2v) is 0. The Hall–Kier alpha value is 2.57. The van der Waals surface area contributed by atoms with Crippen molar-refractivity contribution in [2.24, 2.45) is 0 Å². The molecule has 0 fully saturated rings. The molecule has 0 saturated carbocycles. The third-order valence-electron chi connectivity index (χ3n) is 0. The largest absolute Gasteiger partial charge is 0 e. The average molecular weight is 644 g/mol. The van der Waals surface area contributed by atoms with E-state index < -0.39 is 0 Å². The van der Waals surface area contributed by atoms with Crippen LogP contribution in [0.2, 0.25) is 0 Å². The molecule has 0 bridgehead atoms. The fourth-order valence-electron chi connectivity index (χ4n) is 0. The zero-order chi connectivity index (χ0) is 0. The fourth-order valence-corrected chi connectivity index (χ4v) is 0. The van der Waals surface area contributed by atoms with Crippen molar-refractivity contribution in [3.8, 4) is 0 Å². The molecule has 4 heavy (non-hydrogen) atoms. The second-order valence-electron chi connectivity index (χ2n) is 0. The SMILES string of the molecule is [Co].[Pt].[Pt].[Pt]. The van der Waals surface area contributed by atoms with Gasteiger partial charge in [-0.3, -0.25) is 0 Å². The molecule has 0 aliphatic heterocycles. The maximum atomic E-state index is 0.